The summed E-state index contributed by atoms with van der Waals surface area (Å²) in [7, 11) is 1.62. The van der Waals surface area contributed by atoms with Crippen LogP contribution >= 0.6 is 15.9 Å². The van der Waals surface area contributed by atoms with E-state index in [1.165, 1.54) is 6.08 Å². The number of ether oxygens (including phenoxy) is 3. The van der Waals surface area contributed by atoms with Crippen LogP contribution in [0.15, 0.2) is 77.3 Å². The van der Waals surface area contributed by atoms with E-state index in [0.717, 1.165) is 27.1 Å². The van der Waals surface area contributed by atoms with E-state index in [0.29, 0.717) is 24.7 Å². The Bertz CT molecular complexity index is 1050. The molecule has 5 nitrogen and oxygen atoms in total. The molecule has 0 aromatic heterocycles. The molecule has 1 amide bonds. The van der Waals surface area contributed by atoms with E-state index in [9.17, 15) is 4.79 Å². The molecule has 0 heterocycles. The maximum Gasteiger partial charge on any atom is 0.248 e. The normalized spacial score (nSPS) is 10.7. The fraction of sp³-hybridized carbons (Fsp3) is 0.160. The number of rotatable bonds is 9. The Morgan fingerprint density at radius 1 is 1.00 bits per heavy atom. The van der Waals surface area contributed by atoms with Gasteiger partial charge in [-0.25, -0.2) is 0 Å². The standard InChI is InChI=1S/C25H24BrNO4/c1-3-30-24-7-5-4-6-22(24)27-25(28)15-9-18-8-14-23(29-2)19(16-18)17-31-21-12-10-20(26)11-13-21/h4-16H,3,17H2,1-2H3,(H,27,28). The number of nitrogens with one attached hydrogen (secondary N) is 1. The number of carbonyl (C=O) groups is 1. The number of amides is 1. The van der Waals surface area contributed by atoms with Gasteiger partial charge in [-0.15, -0.1) is 0 Å². The molecule has 3 rings (SSSR count). The fourth-order valence-electron chi connectivity index (χ4n) is 2.90. The summed E-state index contributed by atoms with van der Waals surface area (Å²) in [6.45, 7) is 2.78. The summed E-state index contributed by atoms with van der Waals surface area (Å²) in [6, 6.07) is 20.7. The molecule has 0 aliphatic rings. The van der Waals surface area contributed by atoms with Crippen LogP contribution in [0.4, 0.5) is 5.69 Å². The van der Waals surface area contributed by atoms with Crippen LogP contribution in [-0.4, -0.2) is 19.6 Å². The number of methoxy groups -OCH3 is 1. The molecule has 31 heavy (non-hydrogen) atoms. The van der Waals surface area contributed by atoms with Crippen LogP contribution in [-0.2, 0) is 11.4 Å². The lowest BCUT2D eigenvalue weighted by Gasteiger charge is -2.11. The van der Waals surface area contributed by atoms with Crippen molar-refractivity contribution >= 4 is 33.6 Å². The molecule has 0 unspecified atom stereocenters. The molecule has 0 spiro atoms. The van der Waals surface area contributed by atoms with Crippen molar-refractivity contribution in [3.05, 3.63) is 88.4 Å². The smallest absolute Gasteiger partial charge is 0.248 e. The highest BCUT2D eigenvalue weighted by atomic mass is 79.9. The molecule has 160 valence electrons. The predicted octanol–water partition coefficient (Wildman–Crippen LogP) is 6.09. The Labute approximate surface area is 190 Å². The van der Waals surface area contributed by atoms with E-state index >= 15 is 0 Å². The largest absolute Gasteiger partial charge is 0.496 e. The van der Waals surface area contributed by atoms with Gasteiger partial charge in [-0.1, -0.05) is 34.1 Å². The molecule has 3 aromatic rings. The summed E-state index contributed by atoms with van der Waals surface area (Å²) in [4.78, 5) is 12.4. The molecule has 3 aromatic carbocycles. The number of carbonyl (C=O) groups excluding carboxylic acids is 1. The Kier molecular flexibility index (Phi) is 8.12. The maximum atomic E-state index is 12.4. The minimum Gasteiger partial charge on any atom is -0.496 e. The first-order valence-corrected chi connectivity index (χ1v) is 10.6. The number of anilines is 1. The van der Waals surface area contributed by atoms with Gasteiger partial charge in [-0.05, 0) is 67.1 Å². The van der Waals surface area contributed by atoms with E-state index in [-0.39, 0.29) is 5.91 Å². The number of hydrogen-bond acceptors (Lipinski definition) is 4. The highest BCUT2D eigenvalue weighted by Crippen LogP contribution is 2.25. The second kappa shape index (κ2) is 11.2. The van der Waals surface area contributed by atoms with Gasteiger partial charge in [-0.3, -0.25) is 4.79 Å². The third kappa shape index (κ3) is 6.62. The van der Waals surface area contributed by atoms with Gasteiger partial charge in [0.15, 0.2) is 0 Å². The summed E-state index contributed by atoms with van der Waals surface area (Å²) >= 11 is 3.41. The average molecular weight is 482 g/mol. The molecule has 0 saturated carbocycles. The zero-order valence-electron chi connectivity index (χ0n) is 17.4. The Hall–Kier alpha value is -3.25. The third-order valence-corrected chi connectivity index (χ3v) is 4.91. The van der Waals surface area contributed by atoms with Crippen LogP contribution in [0.1, 0.15) is 18.1 Å². The number of benzene rings is 3. The summed E-state index contributed by atoms with van der Waals surface area (Å²) in [5.74, 6) is 1.89. The molecular weight excluding hydrogens is 458 g/mol. The molecule has 0 bridgehead atoms. The quantitative estimate of drug-likeness (QED) is 0.375. The third-order valence-electron chi connectivity index (χ3n) is 4.38. The van der Waals surface area contributed by atoms with Crippen molar-refractivity contribution in [1.29, 1.82) is 0 Å². The van der Waals surface area contributed by atoms with Crippen LogP contribution in [0.5, 0.6) is 17.2 Å². The molecule has 0 atom stereocenters. The van der Waals surface area contributed by atoms with E-state index in [2.05, 4.69) is 21.2 Å². The molecule has 6 heteroatoms. The van der Waals surface area contributed by atoms with Gasteiger partial charge in [0.25, 0.3) is 0 Å². The molecule has 0 aliphatic carbocycles. The molecule has 1 N–H and O–H groups in total. The van der Waals surface area contributed by atoms with Gasteiger partial charge < -0.3 is 19.5 Å². The van der Waals surface area contributed by atoms with Crippen LogP contribution < -0.4 is 19.5 Å². The zero-order chi connectivity index (χ0) is 22.1. The summed E-state index contributed by atoms with van der Waals surface area (Å²) < 4.78 is 17.8. The van der Waals surface area contributed by atoms with Crippen molar-refractivity contribution in [2.75, 3.05) is 19.0 Å². The van der Waals surface area contributed by atoms with Crippen molar-refractivity contribution in [3.8, 4) is 17.2 Å². The summed E-state index contributed by atoms with van der Waals surface area (Å²) in [6.07, 6.45) is 3.24. The minimum absolute atomic E-state index is 0.240. The van der Waals surface area contributed by atoms with Crippen molar-refractivity contribution in [3.63, 3.8) is 0 Å². The van der Waals surface area contributed by atoms with Gasteiger partial charge >= 0.3 is 0 Å². The number of hydrogen-bond donors (Lipinski definition) is 1. The van der Waals surface area contributed by atoms with E-state index in [1.807, 2.05) is 73.7 Å². The molecular formula is C25H24BrNO4. The monoisotopic (exact) mass is 481 g/mol. The first-order chi connectivity index (χ1) is 15.1. The van der Waals surface area contributed by atoms with Gasteiger partial charge in [-0.2, -0.15) is 0 Å². The second-order valence-electron chi connectivity index (χ2n) is 6.57. The molecule has 0 radical (unpaired) electrons. The van der Waals surface area contributed by atoms with Gasteiger partial charge in [0.2, 0.25) is 5.91 Å². The highest BCUT2D eigenvalue weighted by molar-refractivity contribution is 9.10. The minimum atomic E-state index is -0.240. The van der Waals surface area contributed by atoms with E-state index in [1.54, 1.807) is 13.2 Å². The summed E-state index contributed by atoms with van der Waals surface area (Å²) in [5, 5.41) is 2.85. The van der Waals surface area contributed by atoms with Crippen molar-refractivity contribution in [2.24, 2.45) is 0 Å². The lowest BCUT2D eigenvalue weighted by Crippen LogP contribution is -2.09. The van der Waals surface area contributed by atoms with Crippen LogP contribution in [0, 0.1) is 0 Å². The highest BCUT2D eigenvalue weighted by Gasteiger charge is 2.07. The van der Waals surface area contributed by atoms with Crippen LogP contribution in [0.2, 0.25) is 0 Å². The Morgan fingerprint density at radius 2 is 1.77 bits per heavy atom. The zero-order valence-corrected chi connectivity index (χ0v) is 19.0. The molecule has 0 saturated heterocycles. The topological polar surface area (TPSA) is 56.8 Å². The first kappa shape index (κ1) is 22.4. The van der Waals surface area contributed by atoms with E-state index in [4.69, 9.17) is 14.2 Å². The van der Waals surface area contributed by atoms with E-state index < -0.39 is 0 Å². The van der Waals surface area contributed by atoms with Crippen molar-refractivity contribution < 1.29 is 19.0 Å². The van der Waals surface area contributed by atoms with Crippen molar-refractivity contribution in [2.45, 2.75) is 13.5 Å². The average Bonchev–Trinajstić information content (AvgIpc) is 2.79. The lowest BCUT2D eigenvalue weighted by atomic mass is 10.1. The van der Waals surface area contributed by atoms with Crippen molar-refractivity contribution in [1.82, 2.24) is 0 Å². The lowest BCUT2D eigenvalue weighted by molar-refractivity contribution is -0.111. The van der Waals surface area contributed by atoms with Crippen LogP contribution in [0.25, 0.3) is 6.08 Å². The Balaban J connectivity index is 1.68. The number of halogens is 1. The SMILES string of the molecule is CCOc1ccccc1NC(=O)C=Cc1ccc(OC)c(COc2ccc(Br)cc2)c1. The molecule has 0 aliphatic heterocycles. The summed E-state index contributed by atoms with van der Waals surface area (Å²) in [5.41, 5.74) is 2.38. The van der Waals surface area contributed by atoms with Gasteiger partial charge in [0, 0.05) is 16.1 Å². The second-order valence-corrected chi connectivity index (χ2v) is 7.48. The first-order valence-electron chi connectivity index (χ1n) is 9.85. The Morgan fingerprint density at radius 3 is 2.52 bits per heavy atom. The molecule has 0 fully saturated rings. The van der Waals surface area contributed by atoms with Gasteiger partial charge in [0.05, 0.1) is 19.4 Å². The van der Waals surface area contributed by atoms with Crippen LogP contribution in [0.3, 0.4) is 0 Å². The number of para-hydroxylation sites is 2. The fourth-order valence-corrected chi connectivity index (χ4v) is 3.17. The predicted molar refractivity (Wildman–Crippen MR) is 127 cm³/mol. The maximum absolute atomic E-state index is 12.4. The van der Waals surface area contributed by atoms with Gasteiger partial charge in [0.1, 0.15) is 23.9 Å².